The zero-order valence-electron chi connectivity index (χ0n) is 13.5. The number of nitrogens with two attached hydrogens (primary N) is 1. The minimum Gasteiger partial charge on any atom is -0.383 e. The van der Waals surface area contributed by atoms with Gasteiger partial charge in [-0.25, -0.2) is 4.98 Å². The molecule has 0 aliphatic heterocycles. The molecule has 25 heavy (non-hydrogen) atoms. The smallest absolute Gasteiger partial charge is 0.243 e. The van der Waals surface area contributed by atoms with Gasteiger partial charge in [0.1, 0.15) is 5.82 Å². The van der Waals surface area contributed by atoms with Crippen LogP contribution in [0.25, 0.3) is 38.2 Å². The first kappa shape index (κ1) is 15.4. The lowest BCUT2D eigenvalue weighted by Gasteiger charge is -2.04. The number of carbonyl (C=O) groups excluding carboxylic acids is 1. The molecule has 5 nitrogen and oxygen atoms in total. The van der Waals surface area contributed by atoms with E-state index in [1.54, 1.807) is 30.7 Å². The van der Waals surface area contributed by atoms with Gasteiger partial charge in [-0.2, -0.15) is 0 Å². The summed E-state index contributed by atoms with van der Waals surface area (Å²) in [6.45, 7) is 0. The third kappa shape index (κ3) is 2.66. The third-order valence-corrected chi connectivity index (χ3v) is 5.21. The number of hydrogen-bond donors (Lipinski definition) is 3. The Morgan fingerprint density at radius 3 is 3.08 bits per heavy atom. The van der Waals surface area contributed by atoms with Crippen molar-refractivity contribution in [3.63, 3.8) is 0 Å². The molecule has 0 spiro atoms. The van der Waals surface area contributed by atoms with Crippen molar-refractivity contribution < 1.29 is 4.79 Å². The molecule has 124 valence electrons. The van der Waals surface area contributed by atoms with Crippen LogP contribution in [0.3, 0.4) is 0 Å². The third-order valence-electron chi connectivity index (χ3n) is 4.18. The Morgan fingerprint density at radius 1 is 1.36 bits per heavy atom. The summed E-state index contributed by atoms with van der Waals surface area (Å²) in [6, 6.07) is 8.33. The van der Waals surface area contributed by atoms with Gasteiger partial charge >= 0.3 is 0 Å². The molecule has 3 aromatic heterocycles. The van der Waals surface area contributed by atoms with Crippen molar-refractivity contribution in [2.24, 2.45) is 0 Å². The average Bonchev–Trinajstić information content (AvgIpc) is 3.27. The highest BCUT2D eigenvalue weighted by molar-refractivity contribution is 7.18. The molecule has 0 aliphatic carbocycles. The maximum Gasteiger partial charge on any atom is 0.243 e. The number of likely N-dealkylation sites (N-methyl/N-ethyl adjacent to an activating group) is 1. The summed E-state index contributed by atoms with van der Waals surface area (Å²) >= 11 is 1.61. The summed E-state index contributed by atoms with van der Waals surface area (Å²) in [7, 11) is 1.60. The number of benzene rings is 1. The molecule has 4 rings (SSSR count). The molecule has 0 bridgehead atoms. The van der Waals surface area contributed by atoms with E-state index in [9.17, 15) is 4.79 Å². The second-order valence-electron chi connectivity index (χ2n) is 5.68. The quantitative estimate of drug-likeness (QED) is 0.493. The Bertz CT molecular complexity index is 1120. The number of pyridine rings is 1. The van der Waals surface area contributed by atoms with Gasteiger partial charge in [-0.05, 0) is 40.6 Å². The molecule has 0 atom stereocenters. The molecular formula is C19H16N4OS. The van der Waals surface area contributed by atoms with Gasteiger partial charge in [-0.3, -0.25) is 4.79 Å². The van der Waals surface area contributed by atoms with E-state index in [4.69, 9.17) is 5.73 Å². The highest BCUT2D eigenvalue weighted by Crippen LogP contribution is 2.39. The van der Waals surface area contributed by atoms with E-state index in [2.05, 4.69) is 38.9 Å². The van der Waals surface area contributed by atoms with E-state index in [0.717, 1.165) is 37.7 Å². The van der Waals surface area contributed by atoms with Crippen molar-refractivity contribution >= 4 is 50.1 Å². The number of thiophene rings is 1. The fourth-order valence-corrected chi connectivity index (χ4v) is 3.97. The van der Waals surface area contributed by atoms with Crippen LogP contribution in [-0.2, 0) is 4.79 Å². The first-order valence-corrected chi connectivity index (χ1v) is 8.68. The van der Waals surface area contributed by atoms with Crippen LogP contribution >= 0.6 is 11.3 Å². The second kappa shape index (κ2) is 6.07. The molecule has 0 unspecified atom stereocenters. The molecule has 0 fully saturated rings. The second-order valence-corrected chi connectivity index (χ2v) is 6.56. The number of hydrogen-bond acceptors (Lipinski definition) is 4. The van der Waals surface area contributed by atoms with Crippen LogP contribution in [0, 0.1) is 0 Å². The van der Waals surface area contributed by atoms with Gasteiger partial charge in [0.25, 0.3) is 0 Å². The molecule has 0 aliphatic rings. The number of rotatable bonds is 3. The average molecular weight is 348 g/mol. The first-order chi connectivity index (χ1) is 12.2. The normalized spacial score (nSPS) is 11.6. The number of aromatic nitrogens is 2. The molecule has 6 heteroatoms. The minimum absolute atomic E-state index is 0.153. The van der Waals surface area contributed by atoms with Crippen molar-refractivity contribution in [2.45, 2.75) is 0 Å². The van der Waals surface area contributed by atoms with Gasteiger partial charge < -0.3 is 16.0 Å². The van der Waals surface area contributed by atoms with Crippen LogP contribution in [-0.4, -0.2) is 22.9 Å². The van der Waals surface area contributed by atoms with E-state index in [1.165, 1.54) is 6.08 Å². The molecule has 1 amide bonds. The number of carbonyl (C=O) groups is 1. The number of fused-ring (bicyclic) bond motifs is 2. The van der Waals surface area contributed by atoms with Gasteiger partial charge in [-0.1, -0.05) is 6.07 Å². The fourth-order valence-electron chi connectivity index (χ4n) is 2.89. The van der Waals surface area contributed by atoms with Gasteiger partial charge in [0.15, 0.2) is 0 Å². The largest absolute Gasteiger partial charge is 0.383 e. The van der Waals surface area contributed by atoms with Crippen LogP contribution in [0.1, 0.15) is 5.56 Å². The van der Waals surface area contributed by atoms with E-state index >= 15 is 0 Å². The van der Waals surface area contributed by atoms with Crippen LogP contribution in [0.2, 0.25) is 0 Å². The number of amides is 1. The summed E-state index contributed by atoms with van der Waals surface area (Å²) in [6.07, 6.45) is 6.89. The fraction of sp³-hybridized carbons (Fsp3) is 0.0526. The van der Waals surface area contributed by atoms with Gasteiger partial charge in [0, 0.05) is 52.2 Å². The zero-order chi connectivity index (χ0) is 17.4. The topological polar surface area (TPSA) is 83.8 Å². The number of anilines is 1. The van der Waals surface area contributed by atoms with Gasteiger partial charge in [0.05, 0.1) is 0 Å². The molecule has 3 heterocycles. The molecule has 0 radical (unpaired) electrons. The summed E-state index contributed by atoms with van der Waals surface area (Å²) < 4.78 is 1.02. The zero-order valence-corrected chi connectivity index (χ0v) is 14.4. The minimum atomic E-state index is -0.153. The number of nitrogens with zero attached hydrogens (tertiary/aromatic N) is 1. The van der Waals surface area contributed by atoms with Gasteiger partial charge in [-0.15, -0.1) is 11.3 Å². The maximum absolute atomic E-state index is 11.5. The Balaban J connectivity index is 1.88. The Morgan fingerprint density at radius 2 is 2.24 bits per heavy atom. The molecule has 0 saturated carbocycles. The lowest BCUT2D eigenvalue weighted by molar-refractivity contribution is -0.115. The van der Waals surface area contributed by atoms with Crippen LogP contribution < -0.4 is 11.1 Å². The molecule has 1 aromatic carbocycles. The highest BCUT2D eigenvalue weighted by atomic mass is 32.1. The van der Waals surface area contributed by atoms with Crippen LogP contribution in [0.15, 0.2) is 48.1 Å². The summed E-state index contributed by atoms with van der Waals surface area (Å²) in [5.41, 5.74) is 10.3. The van der Waals surface area contributed by atoms with Crippen LogP contribution in [0.4, 0.5) is 5.82 Å². The van der Waals surface area contributed by atoms with Crippen molar-refractivity contribution in [1.82, 2.24) is 15.3 Å². The van der Waals surface area contributed by atoms with Crippen molar-refractivity contribution in [3.8, 4) is 11.1 Å². The van der Waals surface area contributed by atoms with E-state index in [1.807, 2.05) is 12.3 Å². The van der Waals surface area contributed by atoms with E-state index < -0.39 is 0 Å². The van der Waals surface area contributed by atoms with Crippen molar-refractivity contribution in [3.05, 3.63) is 53.7 Å². The predicted molar refractivity (Wildman–Crippen MR) is 104 cm³/mol. The van der Waals surface area contributed by atoms with Gasteiger partial charge in [0.2, 0.25) is 5.91 Å². The lowest BCUT2D eigenvalue weighted by atomic mass is 10.0. The van der Waals surface area contributed by atoms with E-state index in [0.29, 0.717) is 5.82 Å². The first-order valence-electron chi connectivity index (χ1n) is 7.80. The SMILES string of the molecule is CNC(=O)/C=C/c1cnc(N)c2c(-c3ccc4[nH]ccc4c3)csc12. The standard InChI is InChI=1S/C19H16N4OS/c1-21-16(24)5-3-13-9-23-19(20)17-14(10-25-18(13)17)11-2-4-15-12(8-11)6-7-22-15/h2-10,22H,1H3,(H2,20,23)(H,21,24)/b5-3+. The summed E-state index contributed by atoms with van der Waals surface area (Å²) in [5.74, 6) is 0.345. The Kier molecular flexibility index (Phi) is 3.74. The van der Waals surface area contributed by atoms with Crippen molar-refractivity contribution in [1.29, 1.82) is 0 Å². The van der Waals surface area contributed by atoms with Crippen LogP contribution in [0.5, 0.6) is 0 Å². The number of H-pyrrole nitrogens is 1. The van der Waals surface area contributed by atoms with E-state index in [-0.39, 0.29) is 5.91 Å². The molecule has 0 saturated heterocycles. The molecule has 4 aromatic rings. The Labute approximate surface area is 148 Å². The summed E-state index contributed by atoms with van der Waals surface area (Å²) in [5, 5.41) is 6.74. The number of nitrogens with one attached hydrogen (secondary N) is 2. The molecule has 4 N–H and O–H groups in total. The predicted octanol–water partition coefficient (Wildman–Crippen LogP) is 3.79. The lowest BCUT2D eigenvalue weighted by Crippen LogP contribution is -2.13. The monoisotopic (exact) mass is 348 g/mol. The highest BCUT2D eigenvalue weighted by Gasteiger charge is 2.13. The number of nitrogen functional groups attached to an aromatic ring is 1. The Hall–Kier alpha value is -3.12. The maximum atomic E-state index is 11.5. The summed E-state index contributed by atoms with van der Waals surface area (Å²) in [4.78, 5) is 19.0. The molecular weight excluding hydrogens is 332 g/mol. The van der Waals surface area contributed by atoms with Crippen molar-refractivity contribution in [2.75, 3.05) is 12.8 Å². The number of aromatic amines is 1.